The van der Waals surface area contributed by atoms with Crippen LogP contribution in [0.2, 0.25) is 0 Å². The Morgan fingerprint density at radius 2 is 1.97 bits per heavy atom. The number of halogens is 3. The molecule has 0 radical (unpaired) electrons. The minimum absolute atomic E-state index is 0.0135. The van der Waals surface area contributed by atoms with Crippen LogP contribution in [0.3, 0.4) is 0 Å². The van der Waals surface area contributed by atoms with Gasteiger partial charge in [0.15, 0.2) is 11.5 Å². The van der Waals surface area contributed by atoms with Crippen LogP contribution in [0.25, 0.3) is 22.4 Å². The van der Waals surface area contributed by atoms with Crippen molar-refractivity contribution in [3.8, 4) is 17.2 Å². The number of amides is 1. The number of benzene rings is 1. The molecule has 0 spiro atoms. The van der Waals surface area contributed by atoms with E-state index in [0.29, 0.717) is 23.3 Å². The van der Waals surface area contributed by atoms with E-state index in [1.807, 2.05) is 13.0 Å². The van der Waals surface area contributed by atoms with Gasteiger partial charge in [0.2, 0.25) is 5.89 Å². The molecule has 2 heterocycles. The molecule has 0 atom stereocenters. The Morgan fingerprint density at radius 3 is 2.64 bits per heavy atom. The number of alkyl halides is 3. The van der Waals surface area contributed by atoms with Gasteiger partial charge in [0, 0.05) is 30.3 Å². The molecule has 0 aliphatic rings. The largest absolute Gasteiger partial charge is 0.494 e. The molecule has 12 heteroatoms. The van der Waals surface area contributed by atoms with E-state index in [4.69, 9.17) is 14.9 Å². The molecule has 0 fully saturated rings. The Hall–Kier alpha value is -4.19. The lowest BCUT2D eigenvalue weighted by molar-refractivity contribution is -0.140. The molecule has 190 valence electrons. The van der Waals surface area contributed by atoms with Crippen LogP contribution in [0, 0.1) is 0 Å². The minimum atomic E-state index is -4.63. The third kappa shape index (κ3) is 6.08. The van der Waals surface area contributed by atoms with Crippen LogP contribution in [-0.4, -0.2) is 42.3 Å². The molecule has 9 nitrogen and oxygen atoms in total. The van der Waals surface area contributed by atoms with Gasteiger partial charge in [0.1, 0.15) is 22.8 Å². The molecule has 0 unspecified atom stereocenters. The maximum absolute atomic E-state index is 13.2. The minimum Gasteiger partial charge on any atom is -0.494 e. The van der Waals surface area contributed by atoms with Gasteiger partial charge in [-0.2, -0.15) is 13.2 Å². The average molecular weight is 502 g/mol. The summed E-state index contributed by atoms with van der Waals surface area (Å²) in [4.78, 5) is 24.8. The first-order valence-electron chi connectivity index (χ1n) is 10.8. The van der Waals surface area contributed by atoms with Gasteiger partial charge >= 0.3 is 6.18 Å². The topological polar surface area (TPSA) is 128 Å². The normalized spacial score (nSPS) is 11.9. The average Bonchev–Trinajstić information content (AvgIpc) is 3.29. The molecule has 36 heavy (non-hydrogen) atoms. The van der Waals surface area contributed by atoms with Crippen LogP contribution >= 0.6 is 0 Å². The summed E-state index contributed by atoms with van der Waals surface area (Å²) in [6, 6.07) is 5.13. The number of rotatable bonds is 10. The monoisotopic (exact) mass is 502 g/mol. The Balaban J connectivity index is 1.83. The molecule has 0 aliphatic heterocycles. The number of carbonyl (C=O) groups is 1. The van der Waals surface area contributed by atoms with Gasteiger partial charge in [0.25, 0.3) is 5.91 Å². The maximum atomic E-state index is 13.2. The highest BCUT2D eigenvalue weighted by Crippen LogP contribution is 2.36. The zero-order valence-electron chi connectivity index (χ0n) is 19.6. The van der Waals surface area contributed by atoms with Gasteiger partial charge in [-0.25, -0.2) is 15.0 Å². The number of nitrogens with one attached hydrogen (secondary N) is 2. The number of methoxy groups -OCH3 is 1. The molecule has 0 saturated carbocycles. The zero-order chi connectivity index (χ0) is 26.3. The first-order valence-corrected chi connectivity index (χ1v) is 10.8. The lowest BCUT2D eigenvalue weighted by Crippen LogP contribution is -2.32. The van der Waals surface area contributed by atoms with Crippen molar-refractivity contribution in [2.75, 3.05) is 20.2 Å². The lowest BCUT2D eigenvalue weighted by Gasteiger charge is -2.11. The van der Waals surface area contributed by atoms with Crippen LogP contribution in [0.15, 0.2) is 58.2 Å². The fourth-order valence-corrected chi connectivity index (χ4v) is 3.22. The van der Waals surface area contributed by atoms with Gasteiger partial charge in [0.05, 0.1) is 13.7 Å². The summed E-state index contributed by atoms with van der Waals surface area (Å²) in [5.74, 6) is 0.194. The molecule has 1 aromatic carbocycles. The second-order valence-corrected chi connectivity index (χ2v) is 7.33. The highest BCUT2D eigenvalue weighted by molar-refractivity contribution is 5.98. The number of ether oxygens (including phenoxy) is 1. The lowest BCUT2D eigenvalue weighted by atomic mass is 10.1. The number of hydrogen-bond donors (Lipinski definition) is 3. The van der Waals surface area contributed by atoms with Crippen molar-refractivity contribution < 1.29 is 27.1 Å². The molecule has 3 rings (SSSR count). The third-order valence-corrected chi connectivity index (χ3v) is 4.91. The van der Waals surface area contributed by atoms with Gasteiger partial charge in [-0.15, -0.1) is 0 Å². The molecular weight excluding hydrogens is 477 g/mol. The van der Waals surface area contributed by atoms with E-state index >= 15 is 0 Å². The van der Waals surface area contributed by atoms with Crippen molar-refractivity contribution in [1.29, 1.82) is 0 Å². The number of nitrogens with zero attached hydrogens (tertiary/aromatic N) is 3. The Bertz CT molecular complexity index is 1310. The molecule has 3 aromatic rings. The summed E-state index contributed by atoms with van der Waals surface area (Å²) in [6.07, 6.45) is 0.530. The Morgan fingerprint density at radius 1 is 1.22 bits per heavy atom. The summed E-state index contributed by atoms with van der Waals surface area (Å²) in [5.41, 5.74) is 4.96. The van der Waals surface area contributed by atoms with E-state index < -0.39 is 17.8 Å². The second kappa shape index (κ2) is 11.5. The first kappa shape index (κ1) is 26.4. The number of oxazole rings is 1. The standard InChI is InChI=1S/C24H25F3N6O3/c1-4-5-10-29-14(2)30-11-12-31-22(34)21-18(13-28)36-23(33-21)16-6-8-17(35-3)20-15(16)7-9-19(32-20)24(25,26)27/h4-10,30H,2,11-13,28H2,1,3H3,(H,31,34)/b5-4-,29-10-. The highest BCUT2D eigenvalue weighted by Gasteiger charge is 2.33. The van der Waals surface area contributed by atoms with E-state index in [2.05, 4.69) is 32.2 Å². The quantitative estimate of drug-likeness (QED) is 0.284. The number of carbonyl (C=O) groups excluding carboxylic acids is 1. The molecule has 0 bridgehead atoms. The van der Waals surface area contributed by atoms with Crippen LogP contribution in [0.4, 0.5) is 13.2 Å². The number of aliphatic imine (C=N–C) groups is 1. The van der Waals surface area contributed by atoms with Crippen LogP contribution in [-0.2, 0) is 12.7 Å². The predicted molar refractivity (Wildman–Crippen MR) is 129 cm³/mol. The van der Waals surface area contributed by atoms with Crippen molar-refractivity contribution in [2.45, 2.75) is 19.6 Å². The molecule has 4 N–H and O–H groups in total. The van der Waals surface area contributed by atoms with E-state index in [1.165, 1.54) is 19.2 Å². The van der Waals surface area contributed by atoms with E-state index in [9.17, 15) is 18.0 Å². The van der Waals surface area contributed by atoms with Gasteiger partial charge in [-0.05, 0) is 37.3 Å². The second-order valence-electron chi connectivity index (χ2n) is 7.33. The molecular formula is C24H25F3N6O3. The van der Waals surface area contributed by atoms with E-state index in [0.717, 1.165) is 6.07 Å². The number of aromatic nitrogens is 2. The third-order valence-electron chi connectivity index (χ3n) is 4.91. The van der Waals surface area contributed by atoms with Crippen LogP contribution in [0.1, 0.15) is 28.9 Å². The zero-order valence-corrected chi connectivity index (χ0v) is 19.6. The number of fused-ring (bicyclic) bond motifs is 1. The van der Waals surface area contributed by atoms with Gasteiger partial charge < -0.3 is 25.5 Å². The highest BCUT2D eigenvalue weighted by atomic mass is 19.4. The van der Waals surface area contributed by atoms with Crippen molar-refractivity contribution in [3.05, 3.63) is 66.0 Å². The van der Waals surface area contributed by atoms with Crippen LogP contribution in [0.5, 0.6) is 5.75 Å². The van der Waals surface area contributed by atoms with Crippen molar-refractivity contribution in [3.63, 3.8) is 0 Å². The number of allylic oxidation sites excluding steroid dienone is 2. The molecule has 1 amide bonds. The fourth-order valence-electron chi connectivity index (χ4n) is 3.22. The van der Waals surface area contributed by atoms with E-state index in [-0.39, 0.29) is 41.7 Å². The molecule has 2 aromatic heterocycles. The van der Waals surface area contributed by atoms with Crippen molar-refractivity contribution in [2.24, 2.45) is 10.7 Å². The fraction of sp³-hybridized carbons (Fsp3) is 0.250. The summed E-state index contributed by atoms with van der Waals surface area (Å²) in [7, 11) is 1.33. The molecule has 0 aliphatic carbocycles. The van der Waals surface area contributed by atoms with Gasteiger partial charge in [-0.3, -0.25) is 4.79 Å². The van der Waals surface area contributed by atoms with Crippen molar-refractivity contribution in [1.82, 2.24) is 20.6 Å². The number of nitrogens with two attached hydrogens (primary N) is 1. The summed E-state index contributed by atoms with van der Waals surface area (Å²) in [6.45, 7) is 6.08. The molecule has 0 saturated heterocycles. The Labute approximate surface area is 205 Å². The van der Waals surface area contributed by atoms with Gasteiger partial charge in [-0.1, -0.05) is 12.7 Å². The smallest absolute Gasteiger partial charge is 0.433 e. The van der Waals surface area contributed by atoms with E-state index in [1.54, 1.807) is 18.4 Å². The number of hydrogen-bond acceptors (Lipinski definition) is 8. The maximum Gasteiger partial charge on any atom is 0.433 e. The Kier molecular flexibility index (Phi) is 8.43. The predicted octanol–water partition coefficient (Wildman–Crippen LogP) is 3.81. The summed E-state index contributed by atoms with van der Waals surface area (Å²) >= 11 is 0. The van der Waals surface area contributed by atoms with Crippen molar-refractivity contribution >= 4 is 23.0 Å². The first-order chi connectivity index (χ1) is 17.2. The summed E-state index contributed by atoms with van der Waals surface area (Å²) < 4.78 is 50.5. The number of pyridine rings is 1. The van der Waals surface area contributed by atoms with Crippen LogP contribution < -0.4 is 21.1 Å². The summed E-state index contributed by atoms with van der Waals surface area (Å²) in [5, 5.41) is 5.95. The SMILES string of the molecule is C=C(/N=C\C=C/C)NCCNC(=O)c1nc(-c2ccc(OC)c3nc(C(F)(F)F)ccc23)oc1CN.